The number of nitrogens with zero attached hydrogens (tertiary/aromatic N) is 1. The number of aliphatic hydroxyl groups is 2. The van der Waals surface area contributed by atoms with Gasteiger partial charge in [-0.3, -0.25) is 20.1 Å². The standard InChI is InChI=1S/C9H12ClN3O5/c10-5-6(16)9(11,3-14)18-7(5)13-2-1-4(15)12-8(13)17/h1-2,5-7,14,16H,3,11H2,(H,12,15,17)/t5-,6+,7+,9-/m1/s1. The number of hydrogen-bond acceptors (Lipinski definition) is 6. The molecule has 0 radical (unpaired) electrons. The Morgan fingerprint density at radius 3 is 2.78 bits per heavy atom. The molecule has 0 bridgehead atoms. The van der Waals surface area contributed by atoms with Crippen molar-refractivity contribution in [1.82, 2.24) is 9.55 Å². The molecule has 0 amide bonds. The van der Waals surface area contributed by atoms with Crippen molar-refractivity contribution in [3.05, 3.63) is 33.1 Å². The predicted octanol–water partition coefficient (Wildman–Crippen LogP) is -2.32. The Morgan fingerprint density at radius 2 is 2.28 bits per heavy atom. The summed E-state index contributed by atoms with van der Waals surface area (Å²) in [7, 11) is 0. The van der Waals surface area contributed by atoms with E-state index < -0.39 is 41.3 Å². The zero-order chi connectivity index (χ0) is 13.5. The summed E-state index contributed by atoms with van der Waals surface area (Å²) in [6, 6.07) is 1.11. The van der Waals surface area contributed by atoms with Gasteiger partial charge in [-0.05, 0) is 0 Å². The van der Waals surface area contributed by atoms with Gasteiger partial charge in [0, 0.05) is 12.3 Å². The van der Waals surface area contributed by atoms with Crippen molar-refractivity contribution >= 4 is 11.6 Å². The summed E-state index contributed by atoms with van der Waals surface area (Å²) in [4.78, 5) is 24.5. The third-order valence-electron chi connectivity index (χ3n) is 2.79. The number of ether oxygens (including phenoxy) is 1. The fourth-order valence-corrected chi connectivity index (χ4v) is 2.14. The number of nitrogens with two attached hydrogens (primary N) is 1. The Hall–Kier alpha value is -1.19. The maximum absolute atomic E-state index is 11.6. The molecular weight excluding hydrogens is 266 g/mol. The highest BCUT2D eigenvalue weighted by Crippen LogP contribution is 2.36. The van der Waals surface area contributed by atoms with E-state index >= 15 is 0 Å². The normalized spacial score (nSPS) is 35.9. The molecule has 4 atom stereocenters. The van der Waals surface area contributed by atoms with E-state index in [9.17, 15) is 14.7 Å². The van der Waals surface area contributed by atoms with Crippen molar-refractivity contribution in [2.24, 2.45) is 5.73 Å². The summed E-state index contributed by atoms with van der Waals surface area (Å²) >= 11 is 5.92. The fraction of sp³-hybridized carbons (Fsp3) is 0.556. The second-order valence-electron chi connectivity index (χ2n) is 4.03. The van der Waals surface area contributed by atoms with E-state index in [1.165, 1.54) is 6.20 Å². The molecule has 1 saturated heterocycles. The number of halogens is 1. The first-order valence-electron chi connectivity index (χ1n) is 5.10. The van der Waals surface area contributed by atoms with Crippen LogP contribution in [-0.4, -0.2) is 43.6 Å². The topological polar surface area (TPSA) is 131 Å². The van der Waals surface area contributed by atoms with E-state index in [0.29, 0.717) is 0 Å². The summed E-state index contributed by atoms with van der Waals surface area (Å²) in [5, 5.41) is 17.8. The van der Waals surface area contributed by atoms with Crippen molar-refractivity contribution in [2.75, 3.05) is 6.61 Å². The molecule has 9 heteroatoms. The minimum Gasteiger partial charge on any atom is -0.392 e. The number of aliphatic hydroxyl groups excluding tert-OH is 2. The summed E-state index contributed by atoms with van der Waals surface area (Å²) in [5.41, 5.74) is 2.55. The molecule has 1 fully saturated rings. The number of aromatic amines is 1. The van der Waals surface area contributed by atoms with Crippen molar-refractivity contribution in [2.45, 2.75) is 23.4 Å². The predicted molar refractivity (Wildman–Crippen MR) is 61.1 cm³/mol. The molecule has 0 aromatic carbocycles. The van der Waals surface area contributed by atoms with E-state index in [4.69, 9.17) is 27.2 Å². The van der Waals surface area contributed by atoms with Crippen LogP contribution in [0.15, 0.2) is 21.9 Å². The summed E-state index contributed by atoms with van der Waals surface area (Å²) in [5.74, 6) is 0. The molecule has 0 saturated carbocycles. The number of hydrogen-bond donors (Lipinski definition) is 4. The van der Waals surface area contributed by atoms with Crippen LogP contribution in [0.1, 0.15) is 6.23 Å². The van der Waals surface area contributed by atoms with Gasteiger partial charge in [-0.2, -0.15) is 0 Å². The number of H-pyrrole nitrogens is 1. The first kappa shape index (κ1) is 13.2. The minimum absolute atomic E-state index is 0.568. The lowest BCUT2D eigenvalue weighted by molar-refractivity contribution is -0.124. The average Bonchev–Trinajstić information content (AvgIpc) is 2.55. The van der Waals surface area contributed by atoms with Crippen LogP contribution in [0.25, 0.3) is 0 Å². The molecule has 0 spiro atoms. The second-order valence-corrected chi connectivity index (χ2v) is 4.53. The average molecular weight is 278 g/mol. The monoisotopic (exact) mass is 277 g/mol. The van der Waals surface area contributed by atoms with Gasteiger partial charge in [-0.15, -0.1) is 11.6 Å². The number of aromatic nitrogens is 2. The Bertz CT molecular complexity index is 558. The molecule has 1 aromatic heterocycles. The van der Waals surface area contributed by atoms with Crippen LogP contribution in [0.4, 0.5) is 0 Å². The Balaban J connectivity index is 2.41. The van der Waals surface area contributed by atoms with Gasteiger partial charge in [0.1, 0.15) is 11.5 Å². The molecule has 2 rings (SSSR count). The lowest BCUT2D eigenvalue weighted by atomic mass is 10.1. The maximum atomic E-state index is 11.6. The molecule has 1 aliphatic heterocycles. The van der Waals surface area contributed by atoms with E-state index in [-0.39, 0.29) is 0 Å². The molecule has 0 aliphatic carbocycles. The summed E-state index contributed by atoms with van der Waals surface area (Å²) in [6.07, 6.45) is -1.26. The van der Waals surface area contributed by atoms with Crippen molar-refractivity contribution < 1.29 is 14.9 Å². The maximum Gasteiger partial charge on any atom is 0.330 e. The smallest absolute Gasteiger partial charge is 0.330 e. The van der Waals surface area contributed by atoms with Gasteiger partial charge in [-0.1, -0.05) is 0 Å². The van der Waals surface area contributed by atoms with E-state index in [0.717, 1.165) is 10.6 Å². The van der Waals surface area contributed by atoms with Gasteiger partial charge >= 0.3 is 5.69 Å². The Kier molecular flexibility index (Phi) is 3.30. The quantitative estimate of drug-likeness (QED) is 0.449. The molecule has 100 valence electrons. The van der Waals surface area contributed by atoms with Crippen molar-refractivity contribution in [1.29, 1.82) is 0 Å². The van der Waals surface area contributed by atoms with Crippen LogP contribution in [0, 0.1) is 0 Å². The molecule has 0 unspecified atom stereocenters. The Morgan fingerprint density at radius 1 is 1.61 bits per heavy atom. The van der Waals surface area contributed by atoms with Gasteiger partial charge in [0.25, 0.3) is 5.56 Å². The van der Waals surface area contributed by atoms with Gasteiger partial charge in [-0.25, -0.2) is 4.79 Å². The molecule has 1 aliphatic rings. The first-order chi connectivity index (χ1) is 8.39. The largest absolute Gasteiger partial charge is 0.392 e. The van der Waals surface area contributed by atoms with Crippen LogP contribution in [0.3, 0.4) is 0 Å². The van der Waals surface area contributed by atoms with Gasteiger partial charge in [0.15, 0.2) is 12.0 Å². The number of nitrogens with one attached hydrogen (secondary N) is 1. The highest BCUT2D eigenvalue weighted by atomic mass is 35.5. The lowest BCUT2D eigenvalue weighted by Gasteiger charge is -2.24. The second kappa shape index (κ2) is 4.48. The SMILES string of the molecule is N[C@]1(CO)O[C@H](n2ccc(=O)[nH]c2=O)[C@H](Cl)[C@@H]1O. The molecule has 5 N–H and O–H groups in total. The highest BCUT2D eigenvalue weighted by Gasteiger charge is 2.52. The van der Waals surface area contributed by atoms with Crippen LogP contribution >= 0.6 is 11.6 Å². The van der Waals surface area contributed by atoms with E-state index in [2.05, 4.69) is 0 Å². The number of alkyl halides is 1. The minimum atomic E-state index is -1.74. The summed E-state index contributed by atoms with van der Waals surface area (Å²) < 4.78 is 6.21. The van der Waals surface area contributed by atoms with Crippen LogP contribution in [-0.2, 0) is 4.74 Å². The van der Waals surface area contributed by atoms with Gasteiger partial charge in [0.05, 0.1) is 6.61 Å². The zero-order valence-corrected chi connectivity index (χ0v) is 9.87. The van der Waals surface area contributed by atoms with Gasteiger partial charge < -0.3 is 14.9 Å². The lowest BCUT2D eigenvalue weighted by Crippen LogP contribution is -2.53. The van der Waals surface area contributed by atoms with E-state index in [1.807, 2.05) is 4.98 Å². The van der Waals surface area contributed by atoms with Gasteiger partial charge in [0.2, 0.25) is 0 Å². The Labute approximate surface area is 106 Å². The molecule has 18 heavy (non-hydrogen) atoms. The highest BCUT2D eigenvalue weighted by molar-refractivity contribution is 6.21. The fourth-order valence-electron chi connectivity index (χ4n) is 1.75. The first-order valence-corrected chi connectivity index (χ1v) is 5.54. The van der Waals surface area contributed by atoms with Crippen LogP contribution in [0.2, 0.25) is 0 Å². The number of rotatable bonds is 2. The van der Waals surface area contributed by atoms with Crippen molar-refractivity contribution in [3.8, 4) is 0 Å². The molecular formula is C9H12ClN3O5. The molecule has 2 heterocycles. The third kappa shape index (κ3) is 1.98. The molecule has 1 aromatic rings. The summed E-state index contributed by atoms with van der Waals surface area (Å²) in [6.45, 7) is -0.661. The van der Waals surface area contributed by atoms with E-state index in [1.54, 1.807) is 0 Å². The molecule has 8 nitrogen and oxygen atoms in total. The zero-order valence-electron chi connectivity index (χ0n) is 9.12. The van der Waals surface area contributed by atoms with Crippen LogP contribution in [0.5, 0.6) is 0 Å². The van der Waals surface area contributed by atoms with Crippen LogP contribution < -0.4 is 17.0 Å². The third-order valence-corrected chi connectivity index (χ3v) is 3.24. The van der Waals surface area contributed by atoms with Crippen molar-refractivity contribution in [3.63, 3.8) is 0 Å².